The van der Waals surface area contributed by atoms with Gasteiger partial charge in [-0.05, 0) is 17.7 Å². The summed E-state index contributed by atoms with van der Waals surface area (Å²) in [5.41, 5.74) is 3.09. The zero-order valence-electron chi connectivity index (χ0n) is 10.9. The van der Waals surface area contributed by atoms with E-state index in [0.29, 0.717) is 5.56 Å². The zero-order valence-corrected chi connectivity index (χ0v) is 11.6. The van der Waals surface area contributed by atoms with E-state index in [1.165, 1.54) is 41.4 Å². The fraction of sp³-hybridized carbons (Fsp3) is 0.0833. The minimum absolute atomic E-state index is 0.0159. The number of nitrogens with zero attached hydrogens (tertiary/aromatic N) is 4. The van der Waals surface area contributed by atoms with Gasteiger partial charge in [-0.25, -0.2) is 5.43 Å². The summed E-state index contributed by atoms with van der Waals surface area (Å²) < 4.78 is 1.33. The van der Waals surface area contributed by atoms with Gasteiger partial charge in [0.15, 0.2) is 0 Å². The van der Waals surface area contributed by atoms with Gasteiger partial charge < -0.3 is 0 Å². The van der Waals surface area contributed by atoms with Gasteiger partial charge in [0.2, 0.25) is 0 Å². The van der Waals surface area contributed by atoms with Crippen LogP contribution in [-0.4, -0.2) is 26.8 Å². The second-order valence-electron chi connectivity index (χ2n) is 4.01. The molecule has 0 fully saturated rings. The number of halogens is 1. The Morgan fingerprint density at radius 1 is 1.48 bits per heavy atom. The Labute approximate surface area is 124 Å². The molecule has 9 heteroatoms. The number of non-ortho nitro benzene ring substituents is 1. The number of aromatic nitrogens is 2. The standard InChI is InChI=1S/C12H10ClN5O3/c1-17-11(10(13)7-15-17)12(19)16-14-6-8-2-4-9(5-3-8)18(20)21/h2-7H,1H3,(H,16,19)/b14-6-. The third kappa shape index (κ3) is 3.42. The summed E-state index contributed by atoms with van der Waals surface area (Å²) in [6.07, 6.45) is 2.72. The minimum atomic E-state index is -0.502. The highest BCUT2D eigenvalue weighted by Gasteiger charge is 2.14. The quantitative estimate of drug-likeness (QED) is 0.528. The molecule has 1 amide bonds. The number of rotatable bonds is 4. The lowest BCUT2D eigenvalue weighted by Gasteiger charge is -2.00. The first-order valence-corrected chi connectivity index (χ1v) is 6.12. The molecular weight excluding hydrogens is 298 g/mol. The van der Waals surface area contributed by atoms with Gasteiger partial charge in [-0.2, -0.15) is 10.2 Å². The van der Waals surface area contributed by atoms with Crippen LogP contribution >= 0.6 is 11.6 Å². The van der Waals surface area contributed by atoms with Crippen molar-refractivity contribution in [2.75, 3.05) is 0 Å². The lowest BCUT2D eigenvalue weighted by molar-refractivity contribution is -0.384. The zero-order chi connectivity index (χ0) is 15.4. The predicted octanol–water partition coefficient (Wildman–Crippen LogP) is 1.75. The Morgan fingerprint density at radius 3 is 2.67 bits per heavy atom. The largest absolute Gasteiger partial charge is 0.291 e. The van der Waals surface area contributed by atoms with E-state index in [4.69, 9.17) is 11.6 Å². The fourth-order valence-corrected chi connectivity index (χ4v) is 1.82. The number of carbonyl (C=O) groups is 1. The van der Waals surface area contributed by atoms with Crippen molar-refractivity contribution < 1.29 is 9.72 Å². The summed E-state index contributed by atoms with van der Waals surface area (Å²) in [6.45, 7) is 0. The molecule has 2 aromatic rings. The molecule has 0 unspecified atom stereocenters. The number of benzene rings is 1. The summed E-state index contributed by atoms with van der Waals surface area (Å²) in [7, 11) is 1.58. The van der Waals surface area contributed by atoms with Crippen molar-refractivity contribution in [2.45, 2.75) is 0 Å². The molecule has 2 rings (SSSR count). The van der Waals surface area contributed by atoms with Crippen LogP contribution in [0.1, 0.15) is 16.1 Å². The molecule has 8 nitrogen and oxygen atoms in total. The number of carbonyl (C=O) groups excluding carboxylic acids is 1. The van der Waals surface area contributed by atoms with E-state index in [9.17, 15) is 14.9 Å². The second kappa shape index (κ2) is 6.14. The Kier molecular flexibility index (Phi) is 4.29. The number of hydrogen-bond donors (Lipinski definition) is 1. The average Bonchev–Trinajstić information content (AvgIpc) is 2.78. The van der Waals surface area contributed by atoms with Crippen LogP contribution in [0.3, 0.4) is 0 Å². The van der Waals surface area contributed by atoms with Crippen molar-refractivity contribution in [3.8, 4) is 0 Å². The number of hydrazone groups is 1. The summed E-state index contributed by atoms with van der Waals surface area (Å²) in [6, 6.07) is 5.73. The number of nitro groups is 1. The van der Waals surface area contributed by atoms with Crippen molar-refractivity contribution in [3.63, 3.8) is 0 Å². The lowest BCUT2D eigenvalue weighted by Crippen LogP contribution is -2.21. The molecule has 0 radical (unpaired) electrons. The minimum Gasteiger partial charge on any atom is -0.266 e. The highest BCUT2D eigenvalue weighted by molar-refractivity contribution is 6.33. The van der Waals surface area contributed by atoms with Gasteiger partial charge in [-0.15, -0.1) is 0 Å². The van der Waals surface area contributed by atoms with Crippen molar-refractivity contribution in [3.05, 3.63) is 56.9 Å². The number of amides is 1. The van der Waals surface area contributed by atoms with E-state index in [-0.39, 0.29) is 16.4 Å². The SMILES string of the molecule is Cn1ncc(Cl)c1C(=O)N/N=C\c1ccc([N+](=O)[O-])cc1. The van der Waals surface area contributed by atoms with Crippen molar-refractivity contribution in [1.29, 1.82) is 0 Å². The summed E-state index contributed by atoms with van der Waals surface area (Å²) in [5.74, 6) is -0.502. The molecule has 1 N–H and O–H groups in total. The topological polar surface area (TPSA) is 102 Å². The van der Waals surface area contributed by atoms with Crippen LogP contribution in [0, 0.1) is 10.1 Å². The molecule has 1 heterocycles. The van der Waals surface area contributed by atoms with Crippen molar-refractivity contribution in [2.24, 2.45) is 12.1 Å². The smallest absolute Gasteiger partial charge is 0.266 e. The van der Waals surface area contributed by atoms with Crippen LogP contribution in [0.5, 0.6) is 0 Å². The number of nitro benzene ring substituents is 1. The number of nitrogens with one attached hydrogen (secondary N) is 1. The summed E-state index contributed by atoms with van der Waals surface area (Å²) >= 11 is 5.82. The highest BCUT2D eigenvalue weighted by atomic mass is 35.5. The van der Waals surface area contributed by atoms with E-state index in [0.717, 1.165) is 0 Å². The van der Waals surface area contributed by atoms with Gasteiger partial charge in [-0.1, -0.05) is 11.6 Å². The molecule has 0 saturated carbocycles. The predicted molar refractivity (Wildman–Crippen MR) is 76.4 cm³/mol. The average molecular weight is 308 g/mol. The van der Waals surface area contributed by atoms with Gasteiger partial charge in [0.1, 0.15) is 5.69 Å². The van der Waals surface area contributed by atoms with Gasteiger partial charge in [0.25, 0.3) is 11.6 Å². The summed E-state index contributed by atoms with van der Waals surface area (Å²) in [4.78, 5) is 21.8. The molecule has 1 aromatic heterocycles. The molecule has 0 aliphatic rings. The maximum atomic E-state index is 11.8. The van der Waals surface area contributed by atoms with Gasteiger partial charge >= 0.3 is 0 Å². The van der Waals surface area contributed by atoms with Crippen molar-refractivity contribution >= 4 is 29.4 Å². The highest BCUT2D eigenvalue weighted by Crippen LogP contribution is 2.13. The molecule has 21 heavy (non-hydrogen) atoms. The second-order valence-corrected chi connectivity index (χ2v) is 4.42. The molecule has 1 aromatic carbocycles. The maximum absolute atomic E-state index is 11.8. The Hall–Kier alpha value is -2.74. The molecule has 0 bridgehead atoms. The first kappa shape index (κ1) is 14.7. The van der Waals surface area contributed by atoms with Crippen LogP contribution in [0.2, 0.25) is 5.02 Å². The normalized spacial score (nSPS) is 10.8. The van der Waals surface area contributed by atoms with Crippen LogP contribution in [0.4, 0.5) is 5.69 Å². The van der Waals surface area contributed by atoms with Crippen LogP contribution in [0.15, 0.2) is 35.6 Å². The van der Waals surface area contributed by atoms with Crippen LogP contribution in [-0.2, 0) is 7.05 Å². The summed E-state index contributed by atoms with van der Waals surface area (Å²) in [5, 5.41) is 18.3. The molecule has 0 aliphatic heterocycles. The Balaban J connectivity index is 2.02. The van der Waals surface area contributed by atoms with E-state index < -0.39 is 10.8 Å². The molecule has 0 aliphatic carbocycles. The number of hydrogen-bond acceptors (Lipinski definition) is 5. The maximum Gasteiger partial charge on any atom is 0.291 e. The fourth-order valence-electron chi connectivity index (χ4n) is 1.57. The molecular formula is C12H10ClN5O3. The van der Waals surface area contributed by atoms with Crippen LogP contribution < -0.4 is 5.43 Å². The Bertz CT molecular complexity index is 689. The van der Waals surface area contributed by atoms with E-state index in [1.54, 1.807) is 7.05 Å². The van der Waals surface area contributed by atoms with Crippen LogP contribution in [0.25, 0.3) is 0 Å². The lowest BCUT2D eigenvalue weighted by atomic mass is 10.2. The van der Waals surface area contributed by atoms with Gasteiger partial charge in [-0.3, -0.25) is 19.6 Å². The first-order valence-electron chi connectivity index (χ1n) is 5.74. The molecule has 108 valence electrons. The monoisotopic (exact) mass is 307 g/mol. The van der Waals surface area contributed by atoms with E-state index in [2.05, 4.69) is 15.6 Å². The van der Waals surface area contributed by atoms with Gasteiger partial charge in [0.05, 0.1) is 22.4 Å². The Morgan fingerprint density at radius 2 is 2.14 bits per heavy atom. The third-order valence-electron chi connectivity index (χ3n) is 2.59. The molecule has 0 atom stereocenters. The molecule has 0 saturated heterocycles. The first-order chi connectivity index (χ1) is 9.99. The third-order valence-corrected chi connectivity index (χ3v) is 2.87. The van der Waals surface area contributed by atoms with E-state index in [1.807, 2.05) is 0 Å². The van der Waals surface area contributed by atoms with Crippen molar-refractivity contribution in [1.82, 2.24) is 15.2 Å². The van der Waals surface area contributed by atoms with E-state index >= 15 is 0 Å². The molecule has 0 spiro atoms. The van der Waals surface area contributed by atoms with Gasteiger partial charge in [0, 0.05) is 19.2 Å². The number of aryl methyl sites for hydroxylation is 1.